The van der Waals surface area contributed by atoms with Crippen LogP contribution in [0.25, 0.3) is 21.9 Å². The molecule has 0 unspecified atom stereocenters. The molecule has 6 atom stereocenters. The number of carboxylic acids is 1. The van der Waals surface area contributed by atoms with Crippen molar-refractivity contribution < 1.29 is 44.0 Å². The zero-order valence-corrected chi connectivity index (χ0v) is 26.3. The Bertz CT molecular complexity index is 1780. The molecule has 5 rings (SSSR count). The van der Waals surface area contributed by atoms with Gasteiger partial charge in [-0.2, -0.15) is 0 Å². The quantitative estimate of drug-likeness (QED) is 0.141. The van der Waals surface area contributed by atoms with E-state index in [1.165, 1.54) is 6.92 Å². The fourth-order valence-electron chi connectivity index (χ4n) is 5.94. The molecule has 1 aliphatic rings. The van der Waals surface area contributed by atoms with Crippen LogP contribution in [0.5, 0.6) is 0 Å². The van der Waals surface area contributed by atoms with Gasteiger partial charge in [-0.1, -0.05) is 78.9 Å². The molecule has 1 heterocycles. The van der Waals surface area contributed by atoms with Crippen LogP contribution < -0.4 is 16.0 Å². The Morgan fingerprint density at radius 1 is 0.854 bits per heavy atom. The lowest BCUT2D eigenvalue weighted by atomic mass is 9.86. The smallest absolute Gasteiger partial charge is 0.364 e. The number of carboxylic acid groups (broad SMARTS) is 1. The molecule has 0 bridgehead atoms. The summed E-state index contributed by atoms with van der Waals surface area (Å²) in [5.74, 6) is -5.56. The lowest BCUT2D eigenvalue weighted by Gasteiger charge is -2.47. The number of benzene rings is 4. The molecule has 1 aliphatic heterocycles. The van der Waals surface area contributed by atoms with E-state index in [0.717, 1.165) is 23.6 Å². The minimum Gasteiger partial charge on any atom is -0.477 e. The van der Waals surface area contributed by atoms with Crippen molar-refractivity contribution in [2.75, 3.05) is 13.7 Å². The van der Waals surface area contributed by atoms with E-state index >= 15 is 0 Å². The lowest BCUT2D eigenvalue weighted by Crippen LogP contribution is -2.71. The highest BCUT2D eigenvalue weighted by atomic mass is 16.7. The van der Waals surface area contributed by atoms with Crippen molar-refractivity contribution in [1.29, 1.82) is 0 Å². The lowest BCUT2D eigenvalue weighted by molar-refractivity contribution is -0.292. The average molecular weight is 656 g/mol. The SMILES string of the molecule is CO[C@]1(C(=O)O)C[C@H](NC(=O)c2cccc3ccccc23)[C@@H](NC(C)=O)[C@H]([C@H](O)[C@H](O)CNC(=O)c2ccc(-c3ccccc3)cc2)O1. The van der Waals surface area contributed by atoms with E-state index < -0.39 is 72.8 Å². The molecule has 0 aliphatic carbocycles. The van der Waals surface area contributed by atoms with Gasteiger partial charge in [-0.05, 0) is 40.1 Å². The van der Waals surface area contributed by atoms with Gasteiger partial charge in [-0.15, -0.1) is 0 Å². The van der Waals surface area contributed by atoms with E-state index in [4.69, 9.17) is 9.47 Å². The third kappa shape index (κ3) is 7.37. The van der Waals surface area contributed by atoms with Gasteiger partial charge in [0.2, 0.25) is 5.91 Å². The maximum Gasteiger partial charge on any atom is 0.364 e. The third-order valence-electron chi connectivity index (χ3n) is 8.44. The van der Waals surface area contributed by atoms with Gasteiger partial charge >= 0.3 is 5.97 Å². The minimum atomic E-state index is -2.36. The third-order valence-corrected chi connectivity index (χ3v) is 8.44. The normalized spacial score (nSPS) is 21.9. The molecule has 250 valence electrons. The number of fused-ring (bicyclic) bond motifs is 1. The summed E-state index contributed by atoms with van der Waals surface area (Å²) >= 11 is 0. The first-order chi connectivity index (χ1) is 23.0. The molecule has 12 heteroatoms. The molecule has 0 spiro atoms. The predicted molar refractivity (Wildman–Crippen MR) is 176 cm³/mol. The molecule has 4 aromatic rings. The number of nitrogens with one attached hydrogen (secondary N) is 3. The Labute approximate surface area is 276 Å². The number of aliphatic hydroxyl groups is 2. The van der Waals surface area contributed by atoms with Crippen LogP contribution in [-0.2, 0) is 19.1 Å². The molecule has 0 saturated carbocycles. The Balaban J connectivity index is 1.35. The fourth-order valence-corrected chi connectivity index (χ4v) is 5.94. The summed E-state index contributed by atoms with van der Waals surface area (Å²) in [6, 6.07) is 26.4. The molecule has 1 fully saturated rings. The van der Waals surface area contributed by atoms with Crippen LogP contribution >= 0.6 is 0 Å². The van der Waals surface area contributed by atoms with Gasteiger partial charge in [0, 0.05) is 38.1 Å². The first-order valence-electron chi connectivity index (χ1n) is 15.3. The molecule has 3 amide bonds. The summed E-state index contributed by atoms with van der Waals surface area (Å²) in [7, 11) is 1.10. The number of hydrogen-bond donors (Lipinski definition) is 6. The van der Waals surface area contributed by atoms with Gasteiger partial charge in [0.15, 0.2) is 0 Å². The van der Waals surface area contributed by atoms with E-state index in [9.17, 15) is 34.5 Å². The second-order valence-electron chi connectivity index (χ2n) is 11.6. The number of ether oxygens (including phenoxy) is 2. The highest BCUT2D eigenvalue weighted by molar-refractivity contribution is 6.07. The molecule has 1 saturated heterocycles. The van der Waals surface area contributed by atoms with E-state index in [1.807, 2.05) is 48.5 Å². The van der Waals surface area contributed by atoms with Gasteiger partial charge in [-0.25, -0.2) is 4.79 Å². The van der Waals surface area contributed by atoms with E-state index in [2.05, 4.69) is 16.0 Å². The van der Waals surface area contributed by atoms with Gasteiger partial charge in [0.1, 0.15) is 12.2 Å². The minimum absolute atomic E-state index is 0.302. The highest BCUT2D eigenvalue weighted by Crippen LogP contribution is 2.33. The zero-order valence-electron chi connectivity index (χ0n) is 26.3. The molecule has 0 radical (unpaired) electrons. The van der Waals surface area contributed by atoms with E-state index in [1.54, 1.807) is 48.5 Å². The second kappa shape index (κ2) is 14.7. The summed E-state index contributed by atoms with van der Waals surface area (Å²) < 4.78 is 11.1. The largest absolute Gasteiger partial charge is 0.477 e. The van der Waals surface area contributed by atoms with Crippen LogP contribution in [0.4, 0.5) is 0 Å². The van der Waals surface area contributed by atoms with Crippen molar-refractivity contribution in [3.63, 3.8) is 0 Å². The summed E-state index contributed by atoms with van der Waals surface area (Å²) in [5.41, 5.74) is 2.49. The van der Waals surface area contributed by atoms with Crippen LogP contribution in [0, 0.1) is 0 Å². The first-order valence-corrected chi connectivity index (χ1v) is 15.3. The summed E-state index contributed by atoms with van der Waals surface area (Å²) in [5, 5.41) is 42.0. The van der Waals surface area contributed by atoms with Crippen molar-refractivity contribution in [2.24, 2.45) is 0 Å². The summed E-state index contributed by atoms with van der Waals surface area (Å²) in [6.45, 7) is 0.759. The number of methoxy groups -OCH3 is 1. The van der Waals surface area contributed by atoms with Crippen LogP contribution in [0.1, 0.15) is 34.1 Å². The van der Waals surface area contributed by atoms with Gasteiger partial charge in [0.25, 0.3) is 17.6 Å². The fraction of sp³-hybridized carbons (Fsp3) is 0.278. The number of carbonyl (C=O) groups excluding carboxylic acids is 3. The molecule has 12 nitrogen and oxygen atoms in total. The Kier molecular flexibility index (Phi) is 10.5. The number of hydrogen-bond acceptors (Lipinski definition) is 8. The molecule has 48 heavy (non-hydrogen) atoms. The van der Waals surface area contributed by atoms with Crippen LogP contribution in [-0.4, -0.2) is 88.8 Å². The number of rotatable bonds is 11. The maximum absolute atomic E-state index is 13.6. The molecule has 6 N–H and O–H groups in total. The Morgan fingerprint density at radius 2 is 1.50 bits per heavy atom. The Hall–Kier alpha value is -5.14. The number of carbonyl (C=O) groups is 4. The van der Waals surface area contributed by atoms with Gasteiger partial charge in [0.05, 0.1) is 18.2 Å². The maximum atomic E-state index is 13.6. The predicted octanol–water partition coefficient (Wildman–Crippen LogP) is 2.48. The first kappa shape index (κ1) is 34.2. The number of amides is 3. The van der Waals surface area contributed by atoms with Crippen molar-refractivity contribution >= 4 is 34.5 Å². The molecule has 4 aromatic carbocycles. The van der Waals surface area contributed by atoms with Crippen molar-refractivity contribution in [1.82, 2.24) is 16.0 Å². The van der Waals surface area contributed by atoms with Crippen molar-refractivity contribution in [2.45, 2.75) is 49.5 Å². The van der Waals surface area contributed by atoms with E-state index in [-0.39, 0.29) is 0 Å². The molecule has 0 aromatic heterocycles. The highest BCUT2D eigenvalue weighted by Gasteiger charge is 2.56. The van der Waals surface area contributed by atoms with Gasteiger partial charge < -0.3 is 40.7 Å². The van der Waals surface area contributed by atoms with E-state index in [0.29, 0.717) is 16.5 Å². The second-order valence-corrected chi connectivity index (χ2v) is 11.6. The number of aliphatic carboxylic acids is 1. The Morgan fingerprint density at radius 3 is 2.17 bits per heavy atom. The molecular formula is C36H37N3O9. The zero-order chi connectivity index (χ0) is 34.4. The summed E-state index contributed by atoms with van der Waals surface area (Å²) in [6.07, 6.45) is -5.59. The van der Waals surface area contributed by atoms with Crippen LogP contribution in [0.15, 0.2) is 97.1 Å². The summed E-state index contributed by atoms with van der Waals surface area (Å²) in [4.78, 5) is 51.4. The van der Waals surface area contributed by atoms with Crippen molar-refractivity contribution in [3.05, 3.63) is 108 Å². The van der Waals surface area contributed by atoms with Crippen molar-refractivity contribution in [3.8, 4) is 11.1 Å². The van der Waals surface area contributed by atoms with Crippen LogP contribution in [0.3, 0.4) is 0 Å². The van der Waals surface area contributed by atoms with Crippen LogP contribution in [0.2, 0.25) is 0 Å². The monoisotopic (exact) mass is 655 g/mol. The molecular weight excluding hydrogens is 618 g/mol. The number of aliphatic hydroxyl groups excluding tert-OH is 2. The topological polar surface area (TPSA) is 184 Å². The average Bonchev–Trinajstić information content (AvgIpc) is 3.10. The standard InChI is InChI=1S/C36H37N3O9/c1-21(40)38-30-28(39-34(44)27-14-8-12-24-11-6-7-13-26(24)27)19-36(47-2,35(45)46)48-32(30)31(42)29(41)20-37-33(43)25-17-15-23(16-18-25)22-9-4-3-5-10-22/h3-18,28-32,41-42H,19-20H2,1-2H3,(H,37,43)(H,38,40)(H,39,44)(H,45,46)/t28-,29+,30+,31+,32+,36+/m0/s1. The van der Waals surface area contributed by atoms with Gasteiger partial charge in [-0.3, -0.25) is 14.4 Å².